The van der Waals surface area contributed by atoms with E-state index in [1.54, 1.807) is 18.2 Å². The quantitative estimate of drug-likeness (QED) is 0.753. The number of fused-ring (bicyclic) bond motifs is 1. The molecule has 2 aromatic rings. The number of hydrazine groups is 1. The fourth-order valence-corrected chi connectivity index (χ4v) is 3.42. The molecule has 1 aliphatic heterocycles. The van der Waals surface area contributed by atoms with Crippen molar-refractivity contribution >= 4 is 27.7 Å². The zero-order chi connectivity index (χ0) is 18.1. The van der Waals surface area contributed by atoms with Gasteiger partial charge in [0.2, 0.25) is 12.0 Å². The Kier molecular flexibility index (Phi) is 4.32. The monoisotopic (exact) mass is 416 g/mol. The number of hydrogen-bond acceptors (Lipinski definition) is 4. The Balaban J connectivity index is 1.37. The number of rotatable bonds is 3. The van der Waals surface area contributed by atoms with Crippen molar-refractivity contribution in [3.63, 3.8) is 0 Å². The van der Waals surface area contributed by atoms with Crippen LogP contribution >= 0.6 is 15.9 Å². The summed E-state index contributed by atoms with van der Waals surface area (Å²) in [5, 5.41) is 0. The van der Waals surface area contributed by atoms with Crippen LogP contribution in [-0.2, 0) is 15.0 Å². The molecule has 2 amide bonds. The molecule has 4 rings (SSSR count). The maximum absolute atomic E-state index is 12.6. The van der Waals surface area contributed by atoms with Crippen LogP contribution in [0.1, 0.15) is 18.4 Å². The fraction of sp³-hybridized carbons (Fsp3) is 0.263. The first-order valence-corrected chi connectivity index (χ1v) is 9.13. The van der Waals surface area contributed by atoms with Gasteiger partial charge in [-0.25, -0.2) is 0 Å². The Morgan fingerprint density at radius 1 is 1.04 bits per heavy atom. The Morgan fingerprint density at radius 2 is 1.81 bits per heavy atom. The van der Waals surface area contributed by atoms with Crippen LogP contribution in [0.4, 0.5) is 0 Å². The zero-order valence-corrected chi connectivity index (χ0v) is 15.4. The Hall–Kier alpha value is -2.54. The second kappa shape index (κ2) is 6.64. The summed E-state index contributed by atoms with van der Waals surface area (Å²) < 4.78 is 12.1. The third-order valence-electron chi connectivity index (χ3n) is 4.66. The average Bonchev–Trinajstić information content (AvgIpc) is 3.47. The van der Waals surface area contributed by atoms with Gasteiger partial charge >= 0.3 is 0 Å². The van der Waals surface area contributed by atoms with Gasteiger partial charge in [0, 0.05) is 4.47 Å². The van der Waals surface area contributed by atoms with E-state index in [1.165, 1.54) is 0 Å². The summed E-state index contributed by atoms with van der Waals surface area (Å²) in [6.45, 7) is 0.0928. The van der Waals surface area contributed by atoms with Gasteiger partial charge in [0.15, 0.2) is 11.5 Å². The highest BCUT2D eigenvalue weighted by atomic mass is 79.9. The molecule has 1 unspecified atom stereocenters. The maximum atomic E-state index is 12.6. The van der Waals surface area contributed by atoms with Gasteiger partial charge in [-0.2, -0.15) is 0 Å². The predicted octanol–water partition coefficient (Wildman–Crippen LogP) is 2.47. The minimum absolute atomic E-state index is 0.0928. The number of amides is 2. The molecule has 1 atom stereocenters. The smallest absolute Gasteiger partial charge is 0.283 e. The molecule has 7 heteroatoms. The van der Waals surface area contributed by atoms with Gasteiger partial charge in [-0.05, 0) is 42.7 Å². The largest absolute Gasteiger partial charge is 0.485 e. The lowest BCUT2D eigenvalue weighted by atomic mass is 9.95. The number of hydrogen-bond donors (Lipinski definition) is 2. The van der Waals surface area contributed by atoms with Crippen molar-refractivity contribution in [3.05, 3.63) is 58.6 Å². The number of halogens is 1. The lowest BCUT2D eigenvalue weighted by Gasteiger charge is -2.26. The number of carbonyl (C=O) groups is 2. The minimum Gasteiger partial charge on any atom is -0.485 e. The van der Waals surface area contributed by atoms with Crippen LogP contribution in [0.5, 0.6) is 11.5 Å². The summed E-state index contributed by atoms with van der Waals surface area (Å²) in [6, 6.07) is 14.8. The van der Waals surface area contributed by atoms with Gasteiger partial charge in [-0.3, -0.25) is 20.4 Å². The van der Waals surface area contributed by atoms with Gasteiger partial charge in [0.05, 0.1) is 5.41 Å². The molecule has 1 saturated carbocycles. The molecule has 2 N–H and O–H groups in total. The number of benzene rings is 2. The highest BCUT2D eigenvalue weighted by molar-refractivity contribution is 9.10. The zero-order valence-electron chi connectivity index (χ0n) is 13.8. The molecule has 1 heterocycles. The van der Waals surface area contributed by atoms with E-state index in [1.807, 2.05) is 30.3 Å². The van der Waals surface area contributed by atoms with Crippen LogP contribution in [0.25, 0.3) is 0 Å². The Morgan fingerprint density at radius 3 is 2.54 bits per heavy atom. The minimum atomic E-state index is -0.814. The lowest BCUT2D eigenvalue weighted by molar-refractivity contribution is -0.135. The molecular weight excluding hydrogens is 400 g/mol. The van der Waals surface area contributed by atoms with Gasteiger partial charge in [0.25, 0.3) is 5.91 Å². The summed E-state index contributed by atoms with van der Waals surface area (Å²) >= 11 is 3.43. The summed E-state index contributed by atoms with van der Waals surface area (Å²) in [6.07, 6.45) is 0.689. The number of carbonyl (C=O) groups excluding carboxylic acids is 2. The normalized spacial score (nSPS) is 19.3. The van der Waals surface area contributed by atoms with E-state index < -0.39 is 17.4 Å². The van der Waals surface area contributed by atoms with E-state index in [2.05, 4.69) is 26.8 Å². The predicted molar refractivity (Wildman–Crippen MR) is 97.7 cm³/mol. The molecule has 6 nitrogen and oxygen atoms in total. The van der Waals surface area contributed by atoms with Crippen LogP contribution < -0.4 is 20.3 Å². The second-order valence-corrected chi connectivity index (χ2v) is 7.32. The molecule has 0 bridgehead atoms. The van der Waals surface area contributed by atoms with Crippen LogP contribution in [0.3, 0.4) is 0 Å². The molecule has 0 aromatic heterocycles. The summed E-state index contributed by atoms with van der Waals surface area (Å²) in [4.78, 5) is 24.9. The van der Waals surface area contributed by atoms with Crippen LogP contribution in [0.2, 0.25) is 0 Å². The van der Waals surface area contributed by atoms with E-state index in [9.17, 15) is 9.59 Å². The Bertz CT molecular complexity index is 866. The first-order chi connectivity index (χ1) is 12.6. The molecule has 0 saturated heterocycles. The van der Waals surface area contributed by atoms with Crippen LogP contribution in [0, 0.1) is 0 Å². The SMILES string of the molecule is O=C(NNC(=O)C1(c2cccc(Br)c2)CC1)C1COc2ccccc2O1. The van der Waals surface area contributed by atoms with E-state index in [0.29, 0.717) is 11.5 Å². The molecule has 0 radical (unpaired) electrons. The van der Waals surface area contributed by atoms with E-state index in [4.69, 9.17) is 9.47 Å². The lowest BCUT2D eigenvalue weighted by Crippen LogP contribution is -2.53. The van der Waals surface area contributed by atoms with E-state index in [-0.39, 0.29) is 12.5 Å². The molecule has 2 aromatic carbocycles. The van der Waals surface area contributed by atoms with E-state index in [0.717, 1.165) is 22.9 Å². The summed E-state index contributed by atoms with van der Waals surface area (Å²) in [5.41, 5.74) is 5.35. The van der Waals surface area contributed by atoms with Crippen molar-refractivity contribution in [1.29, 1.82) is 0 Å². The number of nitrogens with one attached hydrogen (secondary N) is 2. The van der Waals surface area contributed by atoms with Crippen molar-refractivity contribution in [1.82, 2.24) is 10.9 Å². The molecule has 134 valence electrons. The molecular formula is C19H17BrN2O4. The Labute approximate surface area is 159 Å². The summed E-state index contributed by atoms with van der Waals surface area (Å²) in [7, 11) is 0. The number of para-hydroxylation sites is 2. The second-order valence-electron chi connectivity index (χ2n) is 6.40. The van der Waals surface area contributed by atoms with Crippen molar-refractivity contribution in [3.8, 4) is 11.5 Å². The fourth-order valence-electron chi connectivity index (χ4n) is 3.03. The first-order valence-electron chi connectivity index (χ1n) is 8.33. The number of ether oxygens (including phenoxy) is 2. The van der Waals surface area contributed by atoms with Gasteiger partial charge in [-0.1, -0.05) is 40.2 Å². The third kappa shape index (κ3) is 3.14. The maximum Gasteiger partial charge on any atom is 0.283 e. The van der Waals surface area contributed by atoms with Crippen molar-refractivity contribution in [2.24, 2.45) is 0 Å². The van der Waals surface area contributed by atoms with E-state index >= 15 is 0 Å². The third-order valence-corrected chi connectivity index (χ3v) is 5.16. The van der Waals surface area contributed by atoms with Gasteiger partial charge < -0.3 is 9.47 Å². The van der Waals surface area contributed by atoms with Crippen molar-refractivity contribution < 1.29 is 19.1 Å². The standard InChI is InChI=1S/C19H17BrN2O4/c20-13-5-3-4-12(10-13)19(8-9-19)18(24)22-21-17(23)16-11-25-14-6-1-2-7-15(14)26-16/h1-7,10,16H,8-9,11H2,(H,21,23)(H,22,24). The van der Waals surface area contributed by atoms with Crippen LogP contribution in [0.15, 0.2) is 53.0 Å². The summed E-state index contributed by atoms with van der Waals surface area (Å²) in [5.74, 6) is 0.448. The average molecular weight is 417 g/mol. The van der Waals surface area contributed by atoms with Gasteiger partial charge in [-0.15, -0.1) is 0 Å². The van der Waals surface area contributed by atoms with Gasteiger partial charge in [0.1, 0.15) is 6.61 Å². The molecule has 1 fully saturated rings. The van der Waals surface area contributed by atoms with Crippen LogP contribution in [-0.4, -0.2) is 24.5 Å². The van der Waals surface area contributed by atoms with Crippen molar-refractivity contribution in [2.75, 3.05) is 6.61 Å². The highest BCUT2D eigenvalue weighted by Gasteiger charge is 2.51. The van der Waals surface area contributed by atoms with Crippen molar-refractivity contribution in [2.45, 2.75) is 24.4 Å². The molecule has 0 spiro atoms. The molecule has 1 aliphatic carbocycles. The molecule has 2 aliphatic rings. The molecule has 26 heavy (non-hydrogen) atoms. The first kappa shape index (κ1) is 16.9. The highest BCUT2D eigenvalue weighted by Crippen LogP contribution is 2.48. The topological polar surface area (TPSA) is 76.7 Å².